The van der Waals surface area contributed by atoms with Crippen LogP contribution >= 0.6 is 0 Å². The first kappa shape index (κ1) is 14.2. The lowest BCUT2D eigenvalue weighted by Crippen LogP contribution is -2.16. The lowest BCUT2D eigenvalue weighted by Gasteiger charge is -2.20. The molecule has 1 aromatic heterocycles. The van der Waals surface area contributed by atoms with Crippen molar-refractivity contribution in [2.24, 2.45) is 0 Å². The van der Waals surface area contributed by atoms with Crippen LogP contribution in [0.4, 0.5) is 5.69 Å². The fourth-order valence-corrected chi connectivity index (χ4v) is 3.62. The molecule has 0 radical (unpaired) electrons. The largest absolute Gasteiger partial charge is 0.377 e. The van der Waals surface area contributed by atoms with Crippen molar-refractivity contribution in [1.29, 1.82) is 0 Å². The molecule has 4 aromatic rings. The van der Waals surface area contributed by atoms with Crippen LogP contribution in [0.15, 0.2) is 72.8 Å². The van der Waals surface area contributed by atoms with Gasteiger partial charge in [-0.05, 0) is 29.3 Å². The second-order valence-corrected chi connectivity index (χ2v) is 6.62. The van der Waals surface area contributed by atoms with E-state index in [0.717, 1.165) is 22.3 Å². The minimum absolute atomic E-state index is 0.320. The van der Waals surface area contributed by atoms with Gasteiger partial charge in [-0.15, -0.1) is 0 Å². The number of benzene rings is 3. The number of fused-ring (bicyclic) bond motifs is 4. The molecular formula is C23H18N2. The van der Waals surface area contributed by atoms with Crippen molar-refractivity contribution >= 4 is 33.4 Å². The average Bonchev–Trinajstić information content (AvgIpc) is 2.67. The molecule has 0 saturated heterocycles. The Kier molecular flexibility index (Phi) is 3.10. The molecule has 1 atom stereocenters. The second-order valence-electron chi connectivity index (χ2n) is 6.62. The third-order valence-corrected chi connectivity index (χ3v) is 4.90. The van der Waals surface area contributed by atoms with E-state index >= 15 is 0 Å². The quantitative estimate of drug-likeness (QED) is 0.473. The van der Waals surface area contributed by atoms with Gasteiger partial charge < -0.3 is 5.32 Å². The van der Waals surface area contributed by atoms with E-state index in [2.05, 4.69) is 91.1 Å². The topological polar surface area (TPSA) is 24.9 Å². The minimum Gasteiger partial charge on any atom is -0.377 e. The van der Waals surface area contributed by atoms with Gasteiger partial charge in [-0.2, -0.15) is 0 Å². The first-order valence-electron chi connectivity index (χ1n) is 8.66. The molecule has 5 rings (SSSR count). The predicted molar refractivity (Wildman–Crippen MR) is 107 cm³/mol. The number of anilines is 1. The van der Waals surface area contributed by atoms with E-state index < -0.39 is 0 Å². The average molecular weight is 322 g/mol. The smallest absolute Gasteiger partial charge is 0.0947 e. The summed E-state index contributed by atoms with van der Waals surface area (Å²) in [5.74, 6) is 0. The SMILES string of the molecule is CC1C=Cc2ccc3ccc(-c4cccc5ccccc45)nc3c2N1. The summed E-state index contributed by atoms with van der Waals surface area (Å²) in [6.45, 7) is 2.16. The van der Waals surface area contributed by atoms with E-state index in [0.29, 0.717) is 6.04 Å². The first-order chi connectivity index (χ1) is 12.3. The summed E-state index contributed by atoms with van der Waals surface area (Å²) in [7, 11) is 0. The second kappa shape index (κ2) is 5.45. The van der Waals surface area contributed by atoms with Gasteiger partial charge in [0, 0.05) is 17.0 Å². The maximum Gasteiger partial charge on any atom is 0.0947 e. The van der Waals surface area contributed by atoms with E-state index in [4.69, 9.17) is 4.98 Å². The summed E-state index contributed by atoms with van der Waals surface area (Å²) in [4.78, 5) is 5.05. The number of hydrogen-bond acceptors (Lipinski definition) is 2. The van der Waals surface area contributed by atoms with Crippen LogP contribution in [0, 0.1) is 0 Å². The highest BCUT2D eigenvalue weighted by Gasteiger charge is 2.14. The molecule has 3 aromatic carbocycles. The molecule has 0 saturated carbocycles. The van der Waals surface area contributed by atoms with E-state index in [1.807, 2.05) is 0 Å². The third-order valence-electron chi connectivity index (χ3n) is 4.90. The van der Waals surface area contributed by atoms with Gasteiger partial charge in [0.25, 0.3) is 0 Å². The number of aromatic nitrogens is 1. The van der Waals surface area contributed by atoms with Gasteiger partial charge in [0.1, 0.15) is 0 Å². The Balaban J connectivity index is 1.78. The number of nitrogens with zero attached hydrogens (tertiary/aromatic N) is 1. The van der Waals surface area contributed by atoms with Crippen molar-refractivity contribution in [1.82, 2.24) is 4.98 Å². The molecule has 0 aliphatic carbocycles. The van der Waals surface area contributed by atoms with Gasteiger partial charge >= 0.3 is 0 Å². The van der Waals surface area contributed by atoms with Crippen molar-refractivity contribution in [3.8, 4) is 11.3 Å². The summed E-state index contributed by atoms with van der Waals surface area (Å²) < 4.78 is 0. The van der Waals surface area contributed by atoms with Crippen LogP contribution < -0.4 is 5.32 Å². The highest BCUT2D eigenvalue weighted by molar-refractivity contribution is 6.00. The van der Waals surface area contributed by atoms with Crippen LogP contribution in [-0.2, 0) is 0 Å². The molecule has 2 heterocycles. The molecule has 0 spiro atoms. The van der Waals surface area contributed by atoms with E-state index in [-0.39, 0.29) is 0 Å². The fourth-order valence-electron chi connectivity index (χ4n) is 3.62. The summed E-state index contributed by atoms with van der Waals surface area (Å²) in [6.07, 6.45) is 4.37. The molecule has 1 unspecified atom stereocenters. The number of rotatable bonds is 1. The third kappa shape index (κ3) is 2.30. The van der Waals surface area contributed by atoms with Crippen LogP contribution in [0.25, 0.3) is 39.0 Å². The summed E-state index contributed by atoms with van der Waals surface area (Å²) in [6, 6.07) is 23.8. The fraction of sp³-hybridized carbons (Fsp3) is 0.0870. The van der Waals surface area contributed by atoms with Crippen LogP contribution in [0.2, 0.25) is 0 Å². The molecular weight excluding hydrogens is 304 g/mol. The molecule has 25 heavy (non-hydrogen) atoms. The van der Waals surface area contributed by atoms with Gasteiger partial charge in [-0.3, -0.25) is 0 Å². The molecule has 0 amide bonds. The molecule has 1 aliphatic heterocycles. The number of pyridine rings is 1. The lowest BCUT2D eigenvalue weighted by atomic mass is 9.99. The van der Waals surface area contributed by atoms with E-state index in [9.17, 15) is 0 Å². The highest BCUT2D eigenvalue weighted by Crippen LogP contribution is 2.34. The molecule has 0 fully saturated rings. The summed E-state index contributed by atoms with van der Waals surface area (Å²) in [5.41, 5.74) is 5.57. The molecule has 0 bridgehead atoms. The Morgan fingerprint density at radius 3 is 2.64 bits per heavy atom. The Morgan fingerprint density at radius 2 is 1.68 bits per heavy atom. The zero-order valence-electron chi connectivity index (χ0n) is 14.0. The molecule has 2 nitrogen and oxygen atoms in total. The maximum absolute atomic E-state index is 5.05. The van der Waals surface area contributed by atoms with E-state index in [1.165, 1.54) is 21.9 Å². The summed E-state index contributed by atoms with van der Waals surface area (Å²) in [5, 5.41) is 7.22. The number of nitrogens with one attached hydrogen (secondary N) is 1. The zero-order valence-corrected chi connectivity index (χ0v) is 14.0. The van der Waals surface area contributed by atoms with Crippen molar-refractivity contribution in [3.63, 3.8) is 0 Å². The maximum atomic E-state index is 5.05. The zero-order chi connectivity index (χ0) is 16.8. The van der Waals surface area contributed by atoms with Gasteiger partial charge in [0.05, 0.1) is 16.9 Å². The van der Waals surface area contributed by atoms with Gasteiger partial charge in [0.2, 0.25) is 0 Å². The normalized spacial score (nSPS) is 16.0. The van der Waals surface area contributed by atoms with Crippen molar-refractivity contribution in [3.05, 3.63) is 78.4 Å². The van der Waals surface area contributed by atoms with Crippen molar-refractivity contribution < 1.29 is 0 Å². The van der Waals surface area contributed by atoms with Gasteiger partial charge in [-0.25, -0.2) is 4.98 Å². The van der Waals surface area contributed by atoms with Gasteiger partial charge in [-0.1, -0.05) is 72.8 Å². The summed E-state index contributed by atoms with van der Waals surface area (Å²) >= 11 is 0. The molecule has 2 heteroatoms. The van der Waals surface area contributed by atoms with Crippen LogP contribution in [0.1, 0.15) is 12.5 Å². The molecule has 1 aliphatic rings. The lowest BCUT2D eigenvalue weighted by molar-refractivity contribution is 0.994. The molecule has 1 N–H and O–H groups in total. The first-order valence-corrected chi connectivity index (χ1v) is 8.66. The van der Waals surface area contributed by atoms with Crippen molar-refractivity contribution in [2.45, 2.75) is 13.0 Å². The Morgan fingerprint density at radius 1 is 0.840 bits per heavy atom. The van der Waals surface area contributed by atoms with Crippen LogP contribution in [0.3, 0.4) is 0 Å². The Labute approximate surface area is 146 Å². The van der Waals surface area contributed by atoms with Crippen molar-refractivity contribution in [2.75, 3.05) is 5.32 Å². The highest BCUT2D eigenvalue weighted by atomic mass is 14.9. The predicted octanol–water partition coefficient (Wildman–Crippen LogP) is 5.88. The van der Waals surface area contributed by atoms with Crippen LogP contribution in [0.5, 0.6) is 0 Å². The monoisotopic (exact) mass is 322 g/mol. The minimum atomic E-state index is 0.320. The number of hydrogen-bond donors (Lipinski definition) is 1. The Hall–Kier alpha value is -3.13. The standard InChI is InChI=1S/C23H18N2/c1-15-9-10-17-11-12-18-13-14-21(25-23(18)22(17)24-15)20-8-4-6-16-5-2-3-7-19(16)20/h2-15,24H,1H3. The Bertz CT molecular complexity index is 1140. The van der Waals surface area contributed by atoms with Crippen LogP contribution in [-0.4, -0.2) is 11.0 Å². The van der Waals surface area contributed by atoms with E-state index in [1.54, 1.807) is 0 Å². The van der Waals surface area contributed by atoms with Gasteiger partial charge in [0.15, 0.2) is 0 Å². The molecule has 120 valence electrons.